The molecule has 1 aliphatic rings. The lowest BCUT2D eigenvalue weighted by Crippen LogP contribution is -2.37. The number of nitrogens with one attached hydrogen (secondary N) is 1. The Kier molecular flexibility index (Phi) is 8.27. The van der Waals surface area contributed by atoms with Crippen molar-refractivity contribution < 1.29 is 41.7 Å². The number of hydrogen-bond donors (Lipinski definition) is 2. The van der Waals surface area contributed by atoms with Gasteiger partial charge in [0.25, 0.3) is 5.91 Å². The fourth-order valence-corrected chi connectivity index (χ4v) is 4.32. The van der Waals surface area contributed by atoms with Gasteiger partial charge in [-0.1, -0.05) is 18.2 Å². The molecule has 0 aliphatic carbocycles. The van der Waals surface area contributed by atoms with E-state index in [1.807, 2.05) is 0 Å². The van der Waals surface area contributed by atoms with Crippen LogP contribution in [0.25, 0.3) is 0 Å². The monoisotopic (exact) mass is 546 g/mol. The third kappa shape index (κ3) is 6.78. The Morgan fingerprint density at radius 1 is 1.05 bits per heavy atom. The van der Waals surface area contributed by atoms with Crippen LogP contribution < -0.4 is 19.7 Å². The number of carbonyl (C=O) groups excluding carboxylic acids is 1. The normalized spacial score (nSPS) is 13.5. The van der Waals surface area contributed by atoms with Crippen LogP contribution in [0.2, 0.25) is 0 Å². The van der Waals surface area contributed by atoms with Crippen LogP contribution in [0.1, 0.15) is 35.6 Å². The van der Waals surface area contributed by atoms with Crippen molar-refractivity contribution in [3.63, 3.8) is 0 Å². The number of anilines is 2. The maximum atomic E-state index is 13.8. The van der Waals surface area contributed by atoms with Gasteiger partial charge in [-0.2, -0.15) is 13.2 Å². The highest BCUT2D eigenvalue weighted by molar-refractivity contribution is 6.01. The highest BCUT2D eigenvalue weighted by atomic mass is 19.4. The van der Waals surface area contributed by atoms with E-state index in [0.717, 1.165) is 12.1 Å². The van der Waals surface area contributed by atoms with Crippen molar-refractivity contribution in [3.8, 4) is 11.5 Å². The summed E-state index contributed by atoms with van der Waals surface area (Å²) in [5.41, 5.74) is 0.733. The van der Waals surface area contributed by atoms with E-state index in [-0.39, 0.29) is 31.7 Å². The van der Waals surface area contributed by atoms with E-state index >= 15 is 0 Å². The summed E-state index contributed by atoms with van der Waals surface area (Å²) in [4.78, 5) is 25.9. The van der Waals surface area contributed by atoms with E-state index in [9.17, 15) is 27.2 Å². The van der Waals surface area contributed by atoms with E-state index in [1.54, 1.807) is 18.2 Å². The lowest BCUT2D eigenvalue weighted by Gasteiger charge is -2.27. The summed E-state index contributed by atoms with van der Waals surface area (Å²) < 4.78 is 64.8. The molecule has 0 bridgehead atoms. The molecular weight excluding hydrogens is 520 g/mol. The molecule has 39 heavy (non-hydrogen) atoms. The van der Waals surface area contributed by atoms with Gasteiger partial charge in [0.15, 0.2) is 0 Å². The van der Waals surface area contributed by atoms with Crippen molar-refractivity contribution in [1.29, 1.82) is 0 Å². The molecule has 0 radical (unpaired) electrons. The number of carbonyl (C=O) groups is 2. The summed E-state index contributed by atoms with van der Waals surface area (Å²) >= 11 is 0. The molecule has 0 saturated heterocycles. The van der Waals surface area contributed by atoms with Crippen LogP contribution in [0.3, 0.4) is 0 Å². The maximum absolute atomic E-state index is 13.8. The molecule has 1 aliphatic heterocycles. The van der Waals surface area contributed by atoms with Gasteiger partial charge in [-0.05, 0) is 48.2 Å². The third-order valence-electron chi connectivity index (χ3n) is 6.25. The number of nitrogens with zero attached hydrogens (tertiary/aromatic N) is 1. The molecule has 0 aromatic heterocycles. The number of carboxylic acid groups (broad SMARTS) is 1. The minimum absolute atomic E-state index is 0.0659. The molecule has 11 heteroatoms. The molecule has 7 nitrogen and oxygen atoms in total. The minimum atomic E-state index is -4.57. The number of carboxylic acids is 1. The zero-order chi connectivity index (χ0) is 28.2. The van der Waals surface area contributed by atoms with Gasteiger partial charge in [-0.15, -0.1) is 0 Å². The van der Waals surface area contributed by atoms with Gasteiger partial charge in [-0.3, -0.25) is 9.59 Å². The summed E-state index contributed by atoms with van der Waals surface area (Å²) in [7, 11) is 1.44. The number of benzene rings is 3. The Morgan fingerprint density at radius 2 is 1.77 bits per heavy atom. The number of rotatable bonds is 10. The van der Waals surface area contributed by atoms with E-state index in [1.165, 1.54) is 42.3 Å². The zero-order valence-electron chi connectivity index (χ0n) is 20.9. The van der Waals surface area contributed by atoms with Crippen molar-refractivity contribution in [3.05, 3.63) is 83.2 Å². The van der Waals surface area contributed by atoms with Crippen molar-refractivity contribution in [2.24, 2.45) is 0 Å². The van der Waals surface area contributed by atoms with E-state index < -0.39 is 35.5 Å². The summed E-state index contributed by atoms with van der Waals surface area (Å²) in [6.45, 7) is 0.316. The van der Waals surface area contributed by atoms with E-state index in [0.29, 0.717) is 34.7 Å². The first-order valence-electron chi connectivity index (χ1n) is 12.1. The van der Waals surface area contributed by atoms with Gasteiger partial charge < -0.3 is 24.8 Å². The molecule has 0 spiro atoms. The van der Waals surface area contributed by atoms with Gasteiger partial charge in [0, 0.05) is 42.5 Å². The van der Waals surface area contributed by atoms with Gasteiger partial charge in [0.2, 0.25) is 0 Å². The highest BCUT2D eigenvalue weighted by Crippen LogP contribution is 2.38. The molecule has 206 valence electrons. The summed E-state index contributed by atoms with van der Waals surface area (Å²) in [6, 6.07) is 12.3. The Bertz CT molecular complexity index is 1340. The number of halogens is 4. The van der Waals surface area contributed by atoms with E-state index in [4.69, 9.17) is 14.6 Å². The average molecular weight is 547 g/mol. The lowest BCUT2D eigenvalue weighted by molar-refractivity contribution is -0.138. The van der Waals surface area contributed by atoms with E-state index in [2.05, 4.69) is 5.32 Å². The number of fused-ring (bicyclic) bond motifs is 1. The average Bonchev–Trinajstić information content (AvgIpc) is 3.33. The smallest absolute Gasteiger partial charge is 0.416 e. The molecule has 1 atom stereocenters. The molecule has 0 saturated carbocycles. The number of hydrogen-bond acceptors (Lipinski definition) is 5. The van der Waals surface area contributed by atoms with Crippen LogP contribution in [-0.2, 0) is 22.2 Å². The highest BCUT2D eigenvalue weighted by Gasteiger charge is 2.36. The molecule has 4 rings (SSSR count). The van der Waals surface area contributed by atoms with Crippen LogP contribution in [-0.4, -0.2) is 37.2 Å². The Hall–Kier alpha value is -4.28. The number of ether oxygens (including phenoxy) is 2. The van der Waals surface area contributed by atoms with Crippen molar-refractivity contribution in [2.75, 3.05) is 30.5 Å². The SMILES string of the molecule is COc1cc(NC(C(=O)N2CCc3ccc(C(F)(F)F)cc32)c2ccc(F)cc2)cc(OCCCC(=O)O)c1. The zero-order valence-corrected chi connectivity index (χ0v) is 20.9. The van der Waals surface area contributed by atoms with Gasteiger partial charge in [0.05, 0.1) is 19.3 Å². The second kappa shape index (κ2) is 11.6. The molecular formula is C28H26F4N2O5. The van der Waals surface area contributed by atoms with Crippen LogP contribution in [0.4, 0.5) is 28.9 Å². The number of amides is 1. The standard InChI is InChI=1S/C28H26F4N2O5/c1-38-22-14-21(15-23(16-22)39-12-2-3-25(35)36)33-26(18-5-8-20(29)9-6-18)27(37)34-11-10-17-4-7-19(13-24(17)34)28(30,31)32/h4-9,13-16,26,33H,2-3,10-12H2,1H3,(H,35,36). The molecule has 1 unspecified atom stereocenters. The van der Waals surface area contributed by atoms with Crippen LogP contribution >= 0.6 is 0 Å². The summed E-state index contributed by atoms with van der Waals surface area (Å²) in [5, 5.41) is 11.9. The molecule has 3 aromatic rings. The molecule has 3 aromatic carbocycles. The Labute approximate surface area is 222 Å². The van der Waals surface area contributed by atoms with Gasteiger partial charge in [-0.25, -0.2) is 4.39 Å². The van der Waals surface area contributed by atoms with Crippen LogP contribution in [0.15, 0.2) is 60.7 Å². The van der Waals surface area contributed by atoms with Crippen molar-refractivity contribution in [2.45, 2.75) is 31.5 Å². The van der Waals surface area contributed by atoms with Crippen molar-refractivity contribution in [1.82, 2.24) is 0 Å². The molecule has 1 heterocycles. The predicted octanol–water partition coefficient (Wildman–Crippen LogP) is 5.84. The van der Waals surface area contributed by atoms with Crippen LogP contribution in [0.5, 0.6) is 11.5 Å². The lowest BCUT2D eigenvalue weighted by atomic mass is 10.0. The third-order valence-corrected chi connectivity index (χ3v) is 6.25. The summed E-state index contributed by atoms with van der Waals surface area (Å²) in [5.74, 6) is -1.23. The topological polar surface area (TPSA) is 88.1 Å². The fraction of sp³-hybridized carbons (Fsp3) is 0.286. The molecule has 2 N–H and O–H groups in total. The number of aliphatic carboxylic acids is 1. The second-order valence-corrected chi connectivity index (χ2v) is 8.95. The minimum Gasteiger partial charge on any atom is -0.497 e. The first-order valence-corrected chi connectivity index (χ1v) is 12.1. The first kappa shape index (κ1) is 27.7. The maximum Gasteiger partial charge on any atom is 0.416 e. The van der Waals surface area contributed by atoms with Crippen molar-refractivity contribution >= 4 is 23.3 Å². The molecule has 0 fully saturated rings. The second-order valence-electron chi connectivity index (χ2n) is 8.95. The largest absolute Gasteiger partial charge is 0.497 e. The molecule has 1 amide bonds. The fourth-order valence-electron chi connectivity index (χ4n) is 4.32. The number of alkyl halides is 3. The summed E-state index contributed by atoms with van der Waals surface area (Å²) in [6.07, 6.45) is -3.96. The van der Waals surface area contributed by atoms with Crippen LogP contribution in [0, 0.1) is 5.82 Å². The Balaban J connectivity index is 1.65. The predicted molar refractivity (Wildman–Crippen MR) is 136 cm³/mol. The Morgan fingerprint density at radius 3 is 2.44 bits per heavy atom. The number of methoxy groups -OCH3 is 1. The van der Waals surface area contributed by atoms with Gasteiger partial charge >= 0.3 is 12.1 Å². The van der Waals surface area contributed by atoms with Gasteiger partial charge in [0.1, 0.15) is 23.4 Å². The quantitative estimate of drug-likeness (QED) is 0.246. The first-order chi connectivity index (χ1) is 18.5.